The highest BCUT2D eigenvalue weighted by Gasteiger charge is 2.31. The van der Waals surface area contributed by atoms with Gasteiger partial charge < -0.3 is 4.57 Å². The second kappa shape index (κ2) is 3.70. The fraction of sp³-hybridized carbons (Fsp3) is 0.571. The van der Waals surface area contributed by atoms with Gasteiger partial charge in [0.25, 0.3) is 5.56 Å². The Morgan fingerprint density at radius 2 is 2.00 bits per heavy atom. The summed E-state index contributed by atoms with van der Waals surface area (Å²) in [4.78, 5) is 12.6. The average molecular weight is 245 g/mol. The summed E-state index contributed by atoms with van der Waals surface area (Å²) in [6, 6.07) is 0.224. The Hall–Kier alpha value is -1.58. The molecule has 0 aromatic carbocycles. The predicted octanol–water partition coefficient (Wildman–Crippen LogP) is 2.32. The van der Waals surface area contributed by atoms with E-state index in [0.717, 1.165) is 22.2 Å². The summed E-state index contributed by atoms with van der Waals surface area (Å²) in [5.74, 6) is 0.637. The molecule has 18 heavy (non-hydrogen) atoms. The number of aromatic nitrogens is 3. The molecule has 0 saturated heterocycles. The van der Waals surface area contributed by atoms with E-state index in [4.69, 9.17) is 0 Å². The molecule has 0 amide bonds. The van der Waals surface area contributed by atoms with Crippen LogP contribution in [0.3, 0.4) is 0 Å². The first-order valence-electron chi connectivity index (χ1n) is 6.55. The molecule has 1 aliphatic carbocycles. The third-order valence-electron chi connectivity index (χ3n) is 4.45. The summed E-state index contributed by atoms with van der Waals surface area (Å²) in [7, 11) is 2.00. The van der Waals surface area contributed by atoms with Gasteiger partial charge in [0.05, 0.1) is 17.6 Å². The van der Waals surface area contributed by atoms with Gasteiger partial charge >= 0.3 is 0 Å². The smallest absolute Gasteiger partial charge is 0.276 e. The molecular formula is C14H19N3O. The molecule has 0 aliphatic heterocycles. The molecule has 0 spiro atoms. The highest BCUT2D eigenvalue weighted by molar-refractivity contribution is 5.86. The summed E-state index contributed by atoms with van der Waals surface area (Å²) < 4.78 is 3.74. The largest absolute Gasteiger partial charge is 0.351 e. The summed E-state index contributed by atoms with van der Waals surface area (Å²) >= 11 is 0. The second-order valence-corrected chi connectivity index (χ2v) is 5.49. The molecule has 4 heteroatoms. The van der Waals surface area contributed by atoms with E-state index in [-0.39, 0.29) is 11.6 Å². The third-order valence-corrected chi connectivity index (χ3v) is 4.45. The second-order valence-electron chi connectivity index (χ2n) is 5.49. The molecule has 1 fully saturated rings. The highest BCUT2D eigenvalue weighted by Crippen LogP contribution is 2.38. The summed E-state index contributed by atoms with van der Waals surface area (Å²) in [6.45, 7) is 6.14. The monoisotopic (exact) mass is 245 g/mol. The summed E-state index contributed by atoms with van der Waals surface area (Å²) in [5.41, 5.74) is 2.21. The van der Waals surface area contributed by atoms with Crippen molar-refractivity contribution in [2.45, 2.75) is 39.7 Å². The normalized spacial score (nSPS) is 17.3. The lowest BCUT2D eigenvalue weighted by molar-refractivity contribution is 0.423. The number of hydrogen-bond donors (Lipinski definition) is 0. The van der Waals surface area contributed by atoms with Crippen LogP contribution in [0.15, 0.2) is 11.0 Å². The van der Waals surface area contributed by atoms with E-state index in [0.29, 0.717) is 5.92 Å². The van der Waals surface area contributed by atoms with Crippen LogP contribution in [0.1, 0.15) is 37.2 Å². The Morgan fingerprint density at radius 1 is 1.33 bits per heavy atom. The molecular weight excluding hydrogens is 226 g/mol. The van der Waals surface area contributed by atoms with Crippen LogP contribution in [0.25, 0.3) is 10.8 Å². The van der Waals surface area contributed by atoms with Gasteiger partial charge in [0.1, 0.15) is 0 Å². The van der Waals surface area contributed by atoms with Crippen LogP contribution in [-0.2, 0) is 7.05 Å². The Balaban J connectivity index is 2.28. The number of nitrogens with zero attached hydrogens (tertiary/aromatic N) is 3. The van der Waals surface area contributed by atoms with Crippen LogP contribution in [0.5, 0.6) is 0 Å². The van der Waals surface area contributed by atoms with Gasteiger partial charge in [-0.25, -0.2) is 4.68 Å². The van der Waals surface area contributed by atoms with Gasteiger partial charge in [-0.05, 0) is 39.5 Å². The minimum atomic E-state index is 0.0631. The summed E-state index contributed by atoms with van der Waals surface area (Å²) in [6.07, 6.45) is 4.29. The molecule has 1 saturated carbocycles. The van der Waals surface area contributed by atoms with E-state index in [1.165, 1.54) is 12.8 Å². The Bertz CT molecular complexity index is 676. The van der Waals surface area contributed by atoms with E-state index >= 15 is 0 Å². The Morgan fingerprint density at radius 3 is 2.61 bits per heavy atom. The van der Waals surface area contributed by atoms with Crippen LogP contribution in [0.4, 0.5) is 0 Å². The zero-order chi connectivity index (χ0) is 13.0. The zero-order valence-electron chi connectivity index (χ0n) is 11.4. The molecule has 2 aromatic rings. The lowest BCUT2D eigenvalue weighted by Gasteiger charge is -2.12. The fourth-order valence-corrected chi connectivity index (χ4v) is 2.76. The van der Waals surface area contributed by atoms with Crippen molar-refractivity contribution >= 4 is 10.8 Å². The van der Waals surface area contributed by atoms with Gasteiger partial charge in [0, 0.05) is 23.8 Å². The third kappa shape index (κ3) is 1.44. The van der Waals surface area contributed by atoms with Crippen molar-refractivity contribution in [2.24, 2.45) is 13.0 Å². The topological polar surface area (TPSA) is 39.8 Å². The van der Waals surface area contributed by atoms with Crippen molar-refractivity contribution in [3.8, 4) is 0 Å². The van der Waals surface area contributed by atoms with Crippen molar-refractivity contribution in [1.82, 2.24) is 14.3 Å². The minimum absolute atomic E-state index is 0.0631. The average Bonchev–Trinajstić information content (AvgIpc) is 3.16. The van der Waals surface area contributed by atoms with E-state index in [1.807, 2.05) is 27.1 Å². The van der Waals surface area contributed by atoms with Crippen LogP contribution in [-0.4, -0.2) is 14.3 Å². The van der Waals surface area contributed by atoms with Crippen molar-refractivity contribution in [3.05, 3.63) is 27.9 Å². The Labute approximate surface area is 106 Å². The molecule has 3 rings (SSSR count). The standard InChI is InChI=1S/C14H19N3O/c1-8(11-5-6-11)17-14(18)13-10(3)16(4)9(2)12(13)7-15-17/h7-8,11H,5-6H2,1-4H3. The van der Waals surface area contributed by atoms with Crippen molar-refractivity contribution in [3.63, 3.8) is 0 Å². The Kier molecular flexibility index (Phi) is 2.37. The molecule has 0 bridgehead atoms. The maximum absolute atomic E-state index is 12.6. The fourth-order valence-electron chi connectivity index (χ4n) is 2.76. The maximum atomic E-state index is 12.6. The van der Waals surface area contributed by atoms with E-state index < -0.39 is 0 Å². The van der Waals surface area contributed by atoms with Crippen molar-refractivity contribution in [2.75, 3.05) is 0 Å². The molecule has 0 N–H and O–H groups in total. The molecule has 1 aliphatic rings. The maximum Gasteiger partial charge on any atom is 0.276 e. The van der Waals surface area contributed by atoms with Gasteiger partial charge in [-0.3, -0.25) is 4.79 Å². The van der Waals surface area contributed by atoms with Crippen LogP contribution in [0.2, 0.25) is 0 Å². The van der Waals surface area contributed by atoms with E-state index in [9.17, 15) is 4.79 Å². The molecule has 1 atom stereocenters. The molecule has 4 nitrogen and oxygen atoms in total. The number of hydrogen-bond acceptors (Lipinski definition) is 2. The first-order chi connectivity index (χ1) is 8.52. The number of aryl methyl sites for hydroxylation is 2. The van der Waals surface area contributed by atoms with Gasteiger partial charge in [-0.15, -0.1) is 0 Å². The van der Waals surface area contributed by atoms with Crippen molar-refractivity contribution < 1.29 is 0 Å². The van der Waals surface area contributed by atoms with E-state index in [2.05, 4.69) is 16.6 Å². The van der Waals surface area contributed by atoms with Gasteiger partial charge in [0.2, 0.25) is 0 Å². The quantitative estimate of drug-likeness (QED) is 0.814. The first kappa shape index (κ1) is 11.5. The molecule has 2 heterocycles. The SMILES string of the molecule is Cc1c2cnn(C(C)C3CC3)c(=O)c2c(C)n1C. The molecule has 2 aromatic heterocycles. The zero-order valence-corrected chi connectivity index (χ0v) is 11.4. The van der Waals surface area contributed by atoms with Crippen molar-refractivity contribution in [1.29, 1.82) is 0 Å². The predicted molar refractivity (Wildman–Crippen MR) is 71.9 cm³/mol. The summed E-state index contributed by atoms with van der Waals surface area (Å²) in [5, 5.41) is 6.19. The van der Waals surface area contributed by atoms with Crippen LogP contribution >= 0.6 is 0 Å². The van der Waals surface area contributed by atoms with Gasteiger partial charge in [-0.2, -0.15) is 5.10 Å². The molecule has 1 unspecified atom stereocenters. The van der Waals surface area contributed by atoms with E-state index in [1.54, 1.807) is 4.68 Å². The highest BCUT2D eigenvalue weighted by atomic mass is 16.1. The van der Waals surface area contributed by atoms with Gasteiger partial charge in [-0.1, -0.05) is 0 Å². The lowest BCUT2D eigenvalue weighted by Crippen LogP contribution is -2.26. The van der Waals surface area contributed by atoms with Crippen LogP contribution < -0.4 is 5.56 Å². The number of fused-ring (bicyclic) bond motifs is 1. The lowest BCUT2D eigenvalue weighted by atomic mass is 10.2. The number of rotatable bonds is 2. The first-order valence-corrected chi connectivity index (χ1v) is 6.55. The molecule has 96 valence electrons. The molecule has 0 radical (unpaired) electrons. The minimum Gasteiger partial charge on any atom is -0.351 e. The van der Waals surface area contributed by atoms with Crippen LogP contribution in [0, 0.1) is 19.8 Å². The van der Waals surface area contributed by atoms with Gasteiger partial charge in [0.15, 0.2) is 0 Å².